The predicted octanol–water partition coefficient (Wildman–Crippen LogP) is 3.14. The van der Waals surface area contributed by atoms with Crippen LogP contribution in [0.3, 0.4) is 0 Å². The van der Waals surface area contributed by atoms with Crippen molar-refractivity contribution < 1.29 is 8.78 Å². The molecule has 1 aromatic rings. The van der Waals surface area contributed by atoms with Crippen LogP contribution in [-0.2, 0) is 6.54 Å². The first-order valence-corrected chi connectivity index (χ1v) is 8.79. The molecule has 1 rings (SSSR count). The lowest BCUT2D eigenvalue weighted by molar-refractivity contribution is 0.297. The van der Waals surface area contributed by atoms with Crippen molar-refractivity contribution in [2.24, 2.45) is 4.99 Å². The molecule has 0 aliphatic rings. The van der Waals surface area contributed by atoms with E-state index in [0.29, 0.717) is 5.96 Å². The second-order valence-electron chi connectivity index (χ2n) is 5.59. The van der Waals surface area contributed by atoms with E-state index in [9.17, 15) is 8.78 Å². The van der Waals surface area contributed by atoms with Crippen LogP contribution in [0.5, 0.6) is 0 Å². The van der Waals surface area contributed by atoms with Crippen molar-refractivity contribution in [2.75, 3.05) is 32.7 Å². The lowest BCUT2D eigenvalue weighted by atomic mass is 10.2. The van der Waals surface area contributed by atoms with E-state index >= 15 is 0 Å². The van der Waals surface area contributed by atoms with Crippen LogP contribution in [0.2, 0.25) is 0 Å². The minimum absolute atomic E-state index is 0.109. The van der Waals surface area contributed by atoms with Crippen molar-refractivity contribution in [2.45, 2.75) is 40.2 Å². The van der Waals surface area contributed by atoms with Gasteiger partial charge in [-0.2, -0.15) is 0 Å². The summed E-state index contributed by atoms with van der Waals surface area (Å²) in [5.74, 6) is -0.254. The third-order valence-electron chi connectivity index (χ3n) is 3.85. The summed E-state index contributed by atoms with van der Waals surface area (Å²) in [7, 11) is 0. The van der Waals surface area contributed by atoms with Crippen molar-refractivity contribution in [3.05, 3.63) is 35.4 Å². The highest BCUT2D eigenvalue weighted by Gasteiger charge is 2.04. The average Bonchev–Trinajstić information content (AvgIpc) is 2.58. The van der Waals surface area contributed by atoms with E-state index in [1.54, 1.807) is 0 Å². The van der Waals surface area contributed by atoms with Crippen LogP contribution in [0.1, 0.15) is 39.2 Å². The van der Waals surface area contributed by atoms with E-state index in [1.807, 2.05) is 6.92 Å². The van der Waals surface area contributed by atoms with E-state index in [2.05, 4.69) is 34.4 Å². The van der Waals surface area contributed by atoms with Gasteiger partial charge in [0, 0.05) is 18.7 Å². The number of aliphatic imine (C=N–C) groups is 1. The lowest BCUT2D eigenvalue weighted by Crippen LogP contribution is -2.38. The molecule has 4 nitrogen and oxygen atoms in total. The fourth-order valence-electron chi connectivity index (χ4n) is 2.38. The lowest BCUT2D eigenvalue weighted by Gasteiger charge is -2.18. The number of benzene rings is 1. The van der Waals surface area contributed by atoms with Crippen LogP contribution < -0.4 is 10.6 Å². The topological polar surface area (TPSA) is 39.7 Å². The Balaban J connectivity index is 2.44. The van der Waals surface area contributed by atoms with E-state index in [-0.39, 0.29) is 12.1 Å². The second-order valence-corrected chi connectivity index (χ2v) is 5.59. The van der Waals surface area contributed by atoms with Gasteiger partial charge in [0.25, 0.3) is 0 Å². The van der Waals surface area contributed by atoms with Crippen LogP contribution in [0.25, 0.3) is 0 Å². The molecule has 0 atom stereocenters. The van der Waals surface area contributed by atoms with Crippen molar-refractivity contribution in [3.8, 4) is 0 Å². The van der Waals surface area contributed by atoms with Gasteiger partial charge in [-0.3, -0.25) is 0 Å². The van der Waals surface area contributed by atoms with Gasteiger partial charge in [0.15, 0.2) is 5.96 Å². The van der Waals surface area contributed by atoms with Crippen molar-refractivity contribution in [1.29, 1.82) is 0 Å². The molecule has 0 aliphatic heterocycles. The summed E-state index contributed by atoms with van der Waals surface area (Å²) in [6.45, 7) is 11.2. The summed E-state index contributed by atoms with van der Waals surface area (Å²) in [6, 6.07) is 3.43. The summed E-state index contributed by atoms with van der Waals surface area (Å²) >= 11 is 0. The SMILES string of the molecule is CCNC(=NCc1cc(F)ccc1F)NCCCCN(CC)CC. The molecule has 1 aromatic carbocycles. The number of rotatable bonds is 10. The quantitative estimate of drug-likeness (QED) is 0.390. The first-order valence-electron chi connectivity index (χ1n) is 8.79. The molecule has 0 amide bonds. The Morgan fingerprint density at radius 3 is 2.50 bits per heavy atom. The molecule has 0 saturated carbocycles. The van der Waals surface area contributed by atoms with Crippen LogP contribution in [0.15, 0.2) is 23.2 Å². The number of guanidine groups is 1. The molecule has 0 radical (unpaired) electrons. The fraction of sp³-hybridized carbons (Fsp3) is 0.611. The maximum absolute atomic E-state index is 13.6. The largest absolute Gasteiger partial charge is 0.357 e. The first-order chi connectivity index (χ1) is 11.6. The van der Waals surface area contributed by atoms with Gasteiger partial charge in [0.1, 0.15) is 11.6 Å². The van der Waals surface area contributed by atoms with Gasteiger partial charge < -0.3 is 15.5 Å². The van der Waals surface area contributed by atoms with Crippen molar-refractivity contribution >= 4 is 5.96 Å². The zero-order valence-electron chi connectivity index (χ0n) is 15.0. The maximum atomic E-state index is 13.6. The minimum Gasteiger partial charge on any atom is -0.357 e. The highest BCUT2D eigenvalue weighted by Crippen LogP contribution is 2.10. The molecule has 24 heavy (non-hydrogen) atoms. The van der Waals surface area contributed by atoms with E-state index in [1.165, 1.54) is 6.07 Å². The van der Waals surface area contributed by atoms with Gasteiger partial charge in [-0.25, -0.2) is 13.8 Å². The molecule has 0 aromatic heterocycles. The molecule has 136 valence electrons. The molecular weight excluding hydrogens is 310 g/mol. The summed E-state index contributed by atoms with van der Waals surface area (Å²) < 4.78 is 26.8. The van der Waals surface area contributed by atoms with E-state index in [0.717, 1.165) is 57.7 Å². The molecule has 0 aliphatic carbocycles. The second kappa shape index (κ2) is 11.8. The Bertz CT molecular complexity index is 502. The number of hydrogen-bond donors (Lipinski definition) is 2. The van der Waals surface area contributed by atoms with Gasteiger partial charge in [0.2, 0.25) is 0 Å². The zero-order valence-corrected chi connectivity index (χ0v) is 15.0. The summed E-state index contributed by atoms with van der Waals surface area (Å²) in [6.07, 6.45) is 2.15. The molecular formula is C18H30F2N4. The van der Waals surface area contributed by atoms with Crippen LogP contribution >= 0.6 is 0 Å². The normalized spacial score (nSPS) is 11.8. The maximum Gasteiger partial charge on any atom is 0.191 e. The summed E-state index contributed by atoms with van der Waals surface area (Å²) in [4.78, 5) is 6.72. The van der Waals surface area contributed by atoms with Crippen LogP contribution in [0, 0.1) is 11.6 Å². The molecule has 0 fully saturated rings. The standard InChI is InChI=1S/C18H30F2N4/c1-4-21-18(22-11-7-8-12-24(5-2)6-3)23-14-15-13-16(19)9-10-17(15)20/h9-10,13H,4-8,11-12,14H2,1-3H3,(H2,21,22,23). The zero-order chi connectivity index (χ0) is 17.8. The number of nitrogens with zero attached hydrogens (tertiary/aromatic N) is 2. The van der Waals surface area contributed by atoms with Crippen molar-refractivity contribution in [3.63, 3.8) is 0 Å². The third kappa shape index (κ3) is 7.73. The first kappa shape index (κ1) is 20.4. The number of halogens is 2. The Kier molecular flexibility index (Phi) is 10.00. The van der Waals surface area contributed by atoms with E-state index in [4.69, 9.17) is 0 Å². The predicted molar refractivity (Wildman–Crippen MR) is 96.2 cm³/mol. The van der Waals surface area contributed by atoms with Gasteiger partial charge in [0.05, 0.1) is 6.54 Å². The van der Waals surface area contributed by atoms with E-state index < -0.39 is 11.6 Å². The molecule has 0 heterocycles. The average molecular weight is 340 g/mol. The molecule has 6 heteroatoms. The number of nitrogens with one attached hydrogen (secondary N) is 2. The Hall–Kier alpha value is -1.69. The Morgan fingerprint density at radius 2 is 1.83 bits per heavy atom. The molecule has 2 N–H and O–H groups in total. The third-order valence-corrected chi connectivity index (χ3v) is 3.85. The van der Waals surface area contributed by atoms with Gasteiger partial charge in [-0.15, -0.1) is 0 Å². The molecule has 0 spiro atoms. The Labute approximate surface area is 144 Å². The number of hydrogen-bond acceptors (Lipinski definition) is 2. The number of unbranched alkanes of at least 4 members (excludes halogenated alkanes) is 1. The highest BCUT2D eigenvalue weighted by molar-refractivity contribution is 5.79. The minimum atomic E-state index is -0.448. The molecule has 0 unspecified atom stereocenters. The van der Waals surface area contributed by atoms with Gasteiger partial charge in [-0.05, 0) is 57.6 Å². The smallest absolute Gasteiger partial charge is 0.191 e. The summed E-state index contributed by atoms with van der Waals surface area (Å²) in [5, 5.41) is 6.36. The molecule has 0 bridgehead atoms. The fourth-order valence-corrected chi connectivity index (χ4v) is 2.38. The van der Waals surface area contributed by atoms with Crippen LogP contribution in [-0.4, -0.2) is 43.6 Å². The Morgan fingerprint density at radius 1 is 1.08 bits per heavy atom. The highest BCUT2D eigenvalue weighted by atomic mass is 19.1. The summed E-state index contributed by atoms with van der Waals surface area (Å²) in [5.41, 5.74) is 0.258. The van der Waals surface area contributed by atoms with Crippen molar-refractivity contribution in [1.82, 2.24) is 15.5 Å². The van der Waals surface area contributed by atoms with Gasteiger partial charge in [-0.1, -0.05) is 13.8 Å². The molecule has 0 saturated heterocycles. The van der Waals surface area contributed by atoms with Gasteiger partial charge >= 0.3 is 0 Å². The monoisotopic (exact) mass is 340 g/mol. The van der Waals surface area contributed by atoms with Crippen LogP contribution in [0.4, 0.5) is 8.78 Å².